The van der Waals surface area contributed by atoms with Gasteiger partial charge in [0.05, 0.1) is 6.04 Å². The highest BCUT2D eigenvalue weighted by Crippen LogP contribution is 2.24. The molecule has 2 aromatic carbocycles. The highest BCUT2D eigenvalue weighted by atomic mass is 19.3. The van der Waals surface area contributed by atoms with Gasteiger partial charge in [0.25, 0.3) is 0 Å². The molecule has 0 spiro atoms. The van der Waals surface area contributed by atoms with Gasteiger partial charge in [0.2, 0.25) is 0 Å². The predicted octanol–water partition coefficient (Wildman–Crippen LogP) is 4.16. The van der Waals surface area contributed by atoms with E-state index >= 15 is 0 Å². The Kier molecular flexibility index (Phi) is 5.28. The summed E-state index contributed by atoms with van der Waals surface area (Å²) in [6.45, 7) is -0.677. The van der Waals surface area contributed by atoms with Crippen molar-refractivity contribution in [2.45, 2.75) is 26.0 Å². The van der Waals surface area contributed by atoms with Crippen molar-refractivity contribution in [3.05, 3.63) is 65.2 Å². The average Bonchev–Trinajstić information content (AvgIpc) is 2.50. The molecular formula is C17H19F2NO. The maximum Gasteiger partial charge on any atom is 0.387 e. The molecule has 0 fully saturated rings. The largest absolute Gasteiger partial charge is 0.435 e. The monoisotopic (exact) mass is 291 g/mol. The Morgan fingerprint density at radius 1 is 0.952 bits per heavy atom. The van der Waals surface area contributed by atoms with Gasteiger partial charge < -0.3 is 10.1 Å². The number of ether oxygens (including phenoxy) is 1. The minimum Gasteiger partial charge on any atom is -0.435 e. The van der Waals surface area contributed by atoms with Gasteiger partial charge in [-0.3, -0.25) is 0 Å². The first-order chi connectivity index (χ1) is 10.1. The Labute approximate surface area is 123 Å². The topological polar surface area (TPSA) is 21.3 Å². The molecule has 1 N–H and O–H groups in total. The van der Waals surface area contributed by atoms with Crippen molar-refractivity contribution in [3.8, 4) is 5.75 Å². The van der Waals surface area contributed by atoms with Crippen LogP contribution in [0.3, 0.4) is 0 Å². The molecular weight excluding hydrogens is 272 g/mol. The maximum atomic E-state index is 12.1. The van der Waals surface area contributed by atoms with Gasteiger partial charge in [-0.05, 0) is 42.3 Å². The van der Waals surface area contributed by atoms with Gasteiger partial charge in [-0.15, -0.1) is 0 Å². The lowest BCUT2D eigenvalue weighted by Gasteiger charge is -2.18. The van der Waals surface area contributed by atoms with E-state index in [0.717, 1.165) is 17.5 Å². The van der Waals surface area contributed by atoms with Crippen LogP contribution in [0, 0.1) is 0 Å². The van der Waals surface area contributed by atoms with Crippen molar-refractivity contribution in [1.29, 1.82) is 0 Å². The van der Waals surface area contributed by atoms with Crippen LogP contribution >= 0.6 is 0 Å². The maximum absolute atomic E-state index is 12.1. The molecule has 0 aliphatic rings. The molecule has 0 bridgehead atoms. The number of hydrogen-bond acceptors (Lipinski definition) is 2. The number of halogens is 2. The fourth-order valence-corrected chi connectivity index (χ4v) is 2.31. The first-order valence-corrected chi connectivity index (χ1v) is 6.95. The van der Waals surface area contributed by atoms with E-state index in [4.69, 9.17) is 0 Å². The molecule has 1 atom stereocenters. The van der Waals surface area contributed by atoms with Gasteiger partial charge in [0, 0.05) is 0 Å². The summed E-state index contributed by atoms with van der Waals surface area (Å²) in [4.78, 5) is 0. The smallest absolute Gasteiger partial charge is 0.387 e. The first-order valence-electron chi connectivity index (χ1n) is 6.95. The summed E-state index contributed by atoms with van der Waals surface area (Å²) in [7, 11) is 1.88. The van der Waals surface area contributed by atoms with Gasteiger partial charge in [-0.1, -0.05) is 43.3 Å². The van der Waals surface area contributed by atoms with Crippen LogP contribution in [-0.2, 0) is 6.42 Å². The molecule has 112 valence electrons. The zero-order valence-electron chi connectivity index (χ0n) is 12.1. The van der Waals surface area contributed by atoms with Crippen LogP contribution in [0.4, 0.5) is 8.78 Å². The zero-order chi connectivity index (χ0) is 15.2. The molecule has 0 saturated carbocycles. The Hall–Kier alpha value is -1.94. The van der Waals surface area contributed by atoms with E-state index < -0.39 is 6.61 Å². The average molecular weight is 291 g/mol. The lowest BCUT2D eigenvalue weighted by Crippen LogP contribution is -2.17. The van der Waals surface area contributed by atoms with E-state index in [9.17, 15) is 8.78 Å². The summed E-state index contributed by atoms with van der Waals surface area (Å²) in [5, 5.41) is 3.24. The van der Waals surface area contributed by atoms with E-state index in [2.05, 4.69) is 41.2 Å². The third-order valence-corrected chi connectivity index (χ3v) is 3.45. The quantitative estimate of drug-likeness (QED) is 0.863. The van der Waals surface area contributed by atoms with Crippen LogP contribution in [-0.4, -0.2) is 13.7 Å². The molecule has 0 heterocycles. The van der Waals surface area contributed by atoms with Crippen LogP contribution in [0.5, 0.6) is 5.75 Å². The van der Waals surface area contributed by atoms with E-state index in [-0.39, 0.29) is 11.8 Å². The minimum atomic E-state index is -2.79. The molecule has 4 heteroatoms. The molecule has 2 aromatic rings. The zero-order valence-corrected chi connectivity index (χ0v) is 12.1. The summed E-state index contributed by atoms with van der Waals surface area (Å²) in [5.74, 6) is 0.171. The summed E-state index contributed by atoms with van der Waals surface area (Å²) >= 11 is 0. The molecule has 0 aliphatic carbocycles. The van der Waals surface area contributed by atoms with Gasteiger partial charge >= 0.3 is 6.61 Å². The van der Waals surface area contributed by atoms with Crippen LogP contribution < -0.4 is 10.1 Å². The molecule has 0 aliphatic heterocycles. The summed E-state index contributed by atoms with van der Waals surface area (Å²) in [5.41, 5.74) is 3.43. The lowest BCUT2D eigenvalue weighted by molar-refractivity contribution is -0.0498. The Morgan fingerprint density at radius 3 is 1.90 bits per heavy atom. The number of rotatable bonds is 6. The van der Waals surface area contributed by atoms with E-state index in [1.807, 2.05) is 7.05 Å². The number of alkyl halides is 2. The van der Waals surface area contributed by atoms with Crippen LogP contribution in [0.25, 0.3) is 0 Å². The molecule has 0 aromatic heterocycles. The van der Waals surface area contributed by atoms with Crippen molar-refractivity contribution in [2.24, 2.45) is 0 Å². The van der Waals surface area contributed by atoms with Crippen molar-refractivity contribution in [3.63, 3.8) is 0 Å². The lowest BCUT2D eigenvalue weighted by atomic mass is 9.97. The molecule has 0 radical (unpaired) electrons. The van der Waals surface area contributed by atoms with E-state index in [1.165, 1.54) is 5.56 Å². The van der Waals surface area contributed by atoms with Crippen molar-refractivity contribution >= 4 is 0 Å². The fourth-order valence-electron chi connectivity index (χ4n) is 2.31. The third-order valence-electron chi connectivity index (χ3n) is 3.45. The van der Waals surface area contributed by atoms with Gasteiger partial charge in [0.15, 0.2) is 0 Å². The SMILES string of the molecule is CCc1ccc(C(NC)c2ccc(OC(F)F)cc2)cc1. The fraction of sp³-hybridized carbons (Fsp3) is 0.294. The molecule has 2 nitrogen and oxygen atoms in total. The molecule has 0 saturated heterocycles. The van der Waals surface area contributed by atoms with E-state index in [1.54, 1.807) is 24.3 Å². The number of hydrogen-bond donors (Lipinski definition) is 1. The highest BCUT2D eigenvalue weighted by molar-refractivity contribution is 5.36. The second kappa shape index (κ2) is 7.18. The minimum absolute atomic E-state index is 0.0245. The van der Waals surface area contributed by atoms with Gasteiger partial charge in [-0.2, -0.15) is 8.78 Å². The second-order valence-corrected chi connectivity index (χ2v) is 4.76. The van der Waals surface area contributed by atoms with Gasteiger partial charge in [-0.25, -0.2) is 0 Å². The number of aryl methyl sites for hydroxylation is 1. The van der Waals surface area contributed by atoms with Crippen molar-refractivity contribution < 1.29 is 13.5 Å². The number of benzene rings is 2. The Bertz CT molecular complexity index is 552. The molecule has 21 heavy (non-hydrogen) atoms. The van der Waals surface area contributed by atoms with Crippen LogP contribution in [0.1, 0.15) is 29.7 Å². The highest BCUT2D eigenvalue weighted by Gasteiger charge is 2.12. The van der Waals surface area contributed by atoms with Crippen molar-refractivity contribution in [2.75, 3.05) is 7.05 Å². The van der Waals surface area contributed by atoms with E-state index in [0.29, 0.717) is 0 Å². The Balaban J connectivity index is 2.19. The summed E-state index contributed by atoms with van der Waals surface area (Å²) < 4.78 is 28.7. The van der Waals surface area contributed by atoms with Crippen molar-refractivity contribution in [1.82, 2.24) is 5.32 Å². The standard InChI is InChI=1S/C17H19F2NO/c1-3-12-4-6-13(7-5-12)16(20-2)14-8-10-15(11-9-14)21-17(18)19/h4-11,16-17,20H,3H2,1-2H3. The summed E-state index contributed by atoms with van der Waals surface area (Å²) in [6.07, 6.45) is 1.00. The molecule has 0 amide bonds. The first kappa shape index (κ1) is 15.4. The number of nitrogens with one attached hydrogen (secondary N) is 1. The Morgan fingerprint density at radius 2 is 1.48 bits per heavy atom. The second-order valence-electron chi connectivity index (χ2n) is 4.76. The third kappa shape index (κ3) is 4.02. The summed E-state index contributed by atoms with van der Waals surface area (Å²) in [6, 6.07) is 15.1. The normalized spacial score (nSPS) is 12.4. The van der Waals surface area contributed by atoms with Crippen LogP contribution in [0.2, 0.25) is 0 Å². The van der Waals surface area contributed by atoms with Crippen LogP contribution in [0.15, 0.2) is 48.5 Å². The molecule has 1 unspecified atom stereocenters. The van der Waals surface area contributed by atoms with Gasteiger partial charge in [0.1, 0.15) is 5.75 Å². The predicted molar refractivity (Wildman–Crippen MR) is 79.8 cm³/mol. The molecule has 2 rings (SSSR count).